The lowest BCUT2D eigenvalue weighted by molar-refractivity contribution is 0.661. The van der Waals surface area contributed by atoms with Gasteiger partial charge in [-0.15, -0.1) is 0 Å². The van der Waals surface area contributed by atoms with Crippen molar-refractivity contribution in [1.29, 1.82) is 0 Å². The minimum Gasteiger partial charge on any atom is -0.0616 e. The number of hydrogen-bond acceptors (Lipinski definition) is 0. The largest absolute Gasteiger partial charge is 0.0616 e. The molecule has 0 saturated carbocycles. The number of benzene rings is 9. The van der Waals surface area contributed by atoms with Crippen LogP contribution in [-0.2, 0) is 5.41 Å². The Labute approximate surface area is 262 Å². The molecule has 0 aliphatic heterocycles. The predicted molar refractivity (Wildman–Crippen MR) is 194 cm³/mol. The van der Waals surface area contributed by atoms with E-state index in [1.807, 2.05) is 0 Å². The molecule has 0 heterocycles. The van der Waals surface area contributed by atoms with Gasteiger partial charge >= 0.3 is 0 Å². The zero-order chi connectivity index (χ0) is 29.9. The van der Waals surface area contributed by atoms with Gasteiger partial charge in [-0.3, -0.25) is 0 Å². The fraction of sp³-hybridized carbons (Fsp3) is 0.0667. The van der Waals surface area contributed by atoms with Gasteiger partial charge in [-0.05, 0) is 129 Å². The van der Waals surface area contributed by atoms with E-state index in [4.69, 9.17) is 0 Å². The van der Waals surface area contributed by atoms with E-state index >= 15 is 0 Å². The predicted octanol–water partition coefficient (Wildman–Crippen LogP) is 12.5. The van der Waals surface area contributed by atoms with Crippen LogP contribution in [0.3, 0.4) is 0 Å². The summed E-state index contributed by atoms with van der Waals surface area (Å²) >= 11 is 0. The minimum absolute atomic E-state index is 0.0445. The Kier molecular flexibility index (Phi) is 4.88. The van der Waals surface area contributed by atoms with E-state index in [2.05, 4.69) is 159 Å². The van der Waals surface area contributed by atoms with Crippen molar-refractivity contribution in [3.8, 4) is 33.4 Å². The van der Waals surface area contributed by atoms with Gasteiger partial charge in [0.2, 0.25) is 0 Å². The van der Waals surface area contributed by atoms with Gasteiger partial charge in [0.05, 0.1) is 0 Å². The third-order valence-corrected chi connectivity index (χ3v) is 10.6. The molecule has 0 fully saturated rings. The van der Waals surface area contributed by atoms with Gasteiger partial charge in [0.1, 0.15) is 0 Å². The van der Waals surface area contributed by atoms with Gasteiger partial charge in [0.15, 0.2) is 0 Å². The molecule has 1 aliphatic carbocycles. The Balaban J connectivity index is 1.06. The van der Waals surface area contributed by atoms with E-state index < -0.39 is 0 Å². The summed E-state index contributed by atoms with van der Waals surface area (Å²) in [4.78, 5) is 0. The van der Waals surface area contributed by atoms with Crippen LogP contribution in [0.2, 0.25) is 0 Å². The number of rotatable bonds is 2. The maximum Gasteiger partial charge on any atom is 0.0159 e. The second-order valence-electron chi connectivity index (χ2n) is 13.4. The first kappa shape index (κ1) is 24.9. The third kappa shape index (κ3) is 3.48. The topological polar surface area (TPSA) is 0 Å². The van der Waals surface area contributed by atoms with Crippen LogP contribution in [0.15, 0.2) is 146 Å². The van der Waals surface area contributed by atoms with Crippen LogP contribution >= 0.6 is 0 Å². The normalized spacial score (nSPS) is 13.7. The van der Waals surface area contributed by atoms with E-state index in [1.165, 1.54) is 98.4 Å². The molecule has 0 radical (unpaired) electrons. The first-order valence-electron chi connectivity index (χ1n) is 15.9. The smallest absolute Gasteiger partial charge is 0.0159 e. The van der Waals surface area contributed by atoms with Crippen LogP contribution < -0.4 is 0 Å². The first-order chi connectivity index (χ1) is 22.0. The molecule has 0 spiro atoms. The highest BCUT2D eigenvalue weighted by molar-refractivity contribution is 6.25. The summed E-state index contributed by atoms with van der Waals surface area (Å²) in [6.45, 7) is 4.74. The van der Waals surface area contributed by atoms with Gasteiger partial charge in [-0.1, -0.05) is 129 Å². The summed E-state index contributed by atoms with van der Waals surface area (Å²) in [6, 6.07) is 54.8. The molecule has 1 aliphatic rings. The molecule has 0 amide bonds. The molecule has 10 rings (SSSR count). The molecule has 0 N–H and O–H groups in total. The molecule has 0 atom stereocenters. The summed E-state index contributed by atoms with van der Waals surface area (Å²) in [7, 11) is 0. The average molecular weight is 571 g/mol. The van der Waals surface area contributed by atoms with E-state index in [0.29, 0.717) is 0 Å². The van der Waals surface area contributed by atoms with Gasteiger partial charge in [0, 0.05) is 5.41 Å². The van der Waals surface area contributed by atoms with Crippen molar-refractivity contribution in [2.45, 2.75) is 19.3 Å². The third-order valence-electron chi connectivity index (χ3n) is 10.6. The lowest BCUT2D eigenvalue weighted by Crippen LogP contribution is -2.15. The summed E-state index contributed by atoms with van der Waals surface area (Å²) in [5.41, 5.74) is 10.6. The fourth-order valence-electron chi connectivity index (χ4n) is 8.18. The molecule has 9 aromatic carbocycles. The molecule has 0 aromatic heterocycles. The number of fused-ring (bicyclic) bond motifs is 5. The summed E-state index contributed by atoms with van der Waals surface area (Å²) < 4.78 is 0. The molecule has 9 aromatic rings. The molecule has 0 nitrogen and oxygen atoms in total. The second kappa shape index (κ2) is 8.80. The molecule has 45 heavy (non-hydrogen) atoms. The lowest BCUT2D eigenvalue weighted by atomic mass is 9.81. The summed E-state index contributed by atoms with van der Waals surface area (Å²) in [6.07, 6.45) is 0. The minimum atomic E-state index is -0.0445. The van der Waals surface area contributed by atoms with Crippen molar-refractivity contribution in [3.63, 3.8) is 0 Å². The van der Waals surface area contributed by atoms with Crippen LogP contribution in [0.4, 0.5) is 0 Å². The number of hydrogen-bond donors (Lipinski definition) is 0. The second-order valence-corrected chi connectivity index (χ2v) is 13.4. The monoisotopic (exact) mass is 570 g/mol. The van der Waals surface area contributed by atoms with E-state index in [-0.39, 0.29) is 5.41 Å². The van der Waals surface area contributed by atoms with Crippen molar-refractivity contribution in [1.82, 2.24) is 0 Å². The van der Waals surface area contributed by atoms with Crippen LogP contribution in [0.25, 0.3) is 87.2 Å². The Morgan fingerprint density at radius 2 is 0.844 bits per heavy atom. The van der Waals surface area contributed by atoms with Gasteiger partial charge < -0.3 is 0 Å². The van der Waals surface area contributed by atoms with Crippen LogP contribution in [0.1, 0.15) is 25.0 Å². The molecule has 0 saturated heterocycles. The zero-order valence-corrected chi connectivity index (χ0v) is 25.4. The van der Waals surface area contributed by atoms with Crippen molar-refractivity contribution >= 4 is 53.9 Å². The fourth-order valence-corrected chi connectivity index (χ4v) is 8.18. The summed E-state index contributed by atoms with van der Waals surface area (Å²) in [5, 5.41) is 13.1. The Bertz CT molecular complexity index is 2650. The zero-order valence-electron chi connectivity index (χ0n) is 25.4. The highest BCUT2D eigenvalue weighted by atomic mass is 14.4. The van der Waals surface area contributed by atoms with Crippen LogP contribution in [0, 0.1) is 0 Å². The average Bonchev–Trinajstić information content (AvgIpc) is 3.30. The quantitative estimate of drug-likeness (QED) is 0.181. The van der Waals surface area contributed by atoms with Crippen molar-refractivity contribution < 1.29 is 0 Å². The molecular weight excluding hydrogens is 540 g/mol. The van der Waals surface area contributed by atoms with Crippen molar-refractivity contribution in [2.24, 2.45) is 0 Å². The Morgan fingerprint density at radius 3 is 1.64 bits per heavy atom. The maximum atomic E-state index is 2.43. The van der Waals surface area contributed by atoms with E-state index in [0.717, 1.165) is 0 Å². The van der Waals surface area contributed by atoms with Crippen LogP contribution in [-0.4, -0.2) is 0 Å². The molecular formula is C45H30. The summed E-state index contributed by atoms with van der Waals surface area (Å²) in [5.74, 6) is 0. The Morgan fingerprint density at radius 1 is 0.333 bits per heavy atom. The highest BCUT2D eigenvalue weighted by Crippen LogP contribution is 2.51. The van der Waals surface area contributed by atoms with Crippen LogP contribution in [0.5, 0.6) is 0 Å². The maximum absolute atomic E-state index is 2.43. The molecule has 0 bridgehead atoms. The SMILES string of the molecule is CC1(C)c2cc(-c3ccc4cc(-c5ccc6ccc7cccc8ccc5c6c78)ccc4c3)ccc2-c2cc3ccccc3cc21. The van der Waals surface area contributed by atoms with Crippen molar-refractivity contribution in [2.75, 3.05) is 0 Å². The molecule has 210 valence electrons. The Hall–Kier alpha value is -5.46. The van der Waals surface area contributed by atoms with Gasteiger partial charge in [0.25, 0.3) is 0 Å². The molecule has 0 heteroatoms. The molecule has 0 unspecified atom stereocenters. The standard InChI is InChI=1S/C45H30/c1-45(2)41-26-35(18-20-38(41)40-24-30-6-3-4-7-31(30)25-42(40)45)33-12-13-34-23-36(15-14-32(34)22-33)37-19-16-29-11-10-27-8-5-9-28-17-21-39(37)44(29)43(27)28/h3-26H,1-2H3. The van der Waals surface area contributed by atoms with E-state index in [9.17, 15) is 0 Å². The highest BCUT2D eigenvalue weighted by Gasteiger charge is 2.35. The van der Waals surface area contributed by atoms with E-state index in [1.54, 1.807) is 0 Å². The van der Waals surface area contributed by atoms with Gasteiger partial charge in [-0.2, -0.15) is 0 Å². The van der Waals surface area contributed by atoms with Gasteiger partial charge in [-0.25, -0.2) is 0 Å². The van der Waals surface area contributed by atoms with Crippen molar-refractivity contribution in [3.05, 3.63) is 157 Å². The first-order valence-corrected chi connectivity index (χ1v) is 15.9. The lowest BCUT2D eigenvalue weighted by Gasteiger charge is -2.22.